The van der Waals surface area contributed by atoms with Crippen LogP contribution in [-0.4, -0.2) is 53.6 Å². The molecule has 1 amide bonds. The molecule has 0 aromatic carbocycles. The zero-order valence-electron chi connectivity index (χ0n) is 12.7. The summed E-state index contributed by atoms with van der Waals surface area (Å²) in [6, 6.07) is 0. The Morgan fingerprint density at radius 3 is 2.58 bits per heavy atom. The highest BCUT2D eigenvalue weighted by Gasteiger charge is 2.33. The largest absolute Gasteiger partial charge is 0.444 e. The Bertz CT molecular complexity index is 298. The molecule has 5 nitrogen and oxygen atoms in total. The van der Waals surface area contributed by atoms with E-state index in [0.29, 0.717) is 19.7 Å². The maximum Gasteiger partial charge on any atom is 0.410 e. The fourth-order valence-corrected chi connectivity index (χ4v) is 2.02. The predicted molar refractivity (Wildman–Crippen MR) is 73.0 cm³/mol. The Morgan fingerprint density at radius 1 is 1.42 bits per heavy atom. The Kier molecular flexibility index (Phi) is 5.62. The molecule has 5 heteroatoms. The minimum absolute atomic E-state index is 0.0752. The number of hydrogen-bond donors (Lipinski definition) is 1. The van der Waals surface area contributed by atoms with E-state index in [1.54, 1.807) is 4.90 Å². The van der Waals surface area contributed by atoms with Crippen molar-refractivity contribution in [2.75, 3.05) is 19.7 Å². The molecule has 1 aliphatic heterocycles. The van der Waals surface area contributed by atoms with Gasteiger partial charge in [0.15, 0.2) is 0 Å². The van der Waals surface area contributed by atoms with E-state index in [2.05, 4.69) is 0 Å². The zero-order valence-corrected chi connectivity index (χ0v) is 12.7. The molecule has 2 atom stereocenters. The topological polar surface area (TPSA) is 59.0 Å². The summed E-state index contributed by atoms with van der Waals surface area (Å²) < 4.78 is 10.7. The molecule has 0 aliphatic carbocycles. The molecule has 1 N–H and O–H groups in total. The number of ether oxygens (including phenoxy) is 2. The van der Waals surface area contributed by atoms with Crippen molar-refractivity contribution in [3.05, 3.63) is 0 Å². The van der Waals surface area contributed by atoms with Crippen molar-refractivity contribution in [1.82, 2.24) is 4.90 Å². The first-order valence-corrected chi connectivity index (χ1v) is 6.96. The minimum Gasteiger partial charge on any atom is -0.444 e. The number of aliphatic hydroxyl groups excluding tert-OH is 1. The highest BCUT2D eigenvalue weighted by molar-refractivity contribution is 5.68. The summed E-state index contributed by atoms with van der Waals surface area (Å²) in [4.78, 5) is 13.5. The first-order valence-electron chi connectivity index (χ1n) is 6.96. The number of nitrogens with zero attached hydrogens (tertiary/aromatic N) is 1. The molecule has 0 radical (unpaired) electrons. The quantitative estimate of drug-likeness (QED) is 0.851. The Hall–Kier alpha value is -0.810. The molecule has 0 bridgehead atoms. The van der Waals surface area contributed by atoms with E-state index in [1.165, 1.54) is 0 Å². The van der Waals surface area contributed by atoms with Crippen LogP contribution in [0.4, 0.5) is 4.79 Å². The van der Waals surface area contributed by atoms with Gasteiger partial charge in [-0.2, -0.15) is 0 Å². The normalized spacial score (nSPS) is 21.8. The molecule has 19 heavy (non-hydrogen) atoms. The van der Waals surface area contributed by atoms with Gasteiger partial charge in [-0.15, -0.1) is 0 Å². The van der Waals surface area contributed by atoms with Crippen LogP contribution in [0, 0.1) is 5.92 Å². The first-order chi connectivity index (χ1) is 8.69. The van der Waals surface area contributed by atoms with Crippen LogP contribution in [0.15, 0.2) is 0 Å². The average Bonchev–Trinajstić information content (AvgIpc) is 2.72. The van der Waals surface area contributed by atoms with E-state index in [9.17, 15) is 9.90 Å². The number of carbonyl (C=O) groups is 1. The van der Waals surface area contributed by atoms with Gasteiger partial charge in [-0.25, -0.2) is 4.79 Å². The number of amides is 1. The molecule has 1 heterocycles. The summed E-state index contributed by atoms with van der Waals surface area (Å²) in [6.07, 6.45) is 0.0850. The summed E-state index contributed by atoms with van der Waals surface area (Å²) in [5.41, 5.74) is -0.478. The SMILES string of the molecule is CC(C)OCC(O)C1CCN(C(=O)OC(C)(C)C)C1. The van der Waals surface area contributed by atoms with E-state index in [0.717, 1.165) is 6.42 Å². The highest BCUT2D eigenvalue weighted by atomic mass is 16.6. The number of likely N-dealkylation sites (tertiary alicyclic amines) is 1. The van der Waals surface area contributed by atoms with Crippen molar-refractivity contribution in [2.24, 2.45) is 5.92 Å². The van der Waals surface area contributed by atoms with Crippen molar-refractivity contribution in [1.29, 1.82) is 0 Å². The van der Waals surface area contributed by atoms with Crippen LogP contribution < -0.4 is 0 Å². The first kappa shape index (κ1) is 16.2. The molecule has 2 unspecified atom stereocenters. The maximum absolute atomic E-state index is 11.9. The van der Waals surface area contributed by atoms with Gasteiger partial charge in [0.2, 0.25) is 0 Å². The summed E-state index contributed by atoms with van der Waals surface area (Å²) in [5, 5.41) is 10.0. The number of carbonyl (C=O) groups excluding carboxylic acids is 1. The van der Waals surface area contributed by atoms with Gasteiger partial charge in [0.05, 0.1) is 18.8 Å². The molecule has 0 spiro atoms. The van der Waals surface area contributed by atoms with E-state index >= 15 is 0 Å². The predicted octanol–water partition coefficient (Wildman–Crippen LogP) is 2.03. The van der Waals surface area contributed by atoms with E-state index in [4.69, 9.17) is 9.47 Å². The monoisotopic (exact) mass is 273 g/mol. The Balaban J connectivity index is 2.38. The van der Waals surface area contributed by atoms with E-state index < -0.39 is 11.7 Å². The smallest absolute Gasteiger partial charge is 0.410 e. The van der Waals surface area contributed by atoms with Crippen molar-refractivity contribution < 1.29 is 19.4 Å². The second-order valence-electron chi connectivity index (χ2n) is 6.42. The second-order valence-corrected chi connectivity index (χ2v) is 6.42. The fourth-order valence-electron chi connectivity index (χ4n) is 2.02. The third kappa shape index (κ3) is 5.78. The second kappa shape index (κ2) is 6.57. The van der Waals surface area contributed by atoms with E-state index in [1.807, 2.05) is 34.6 Å². The number of rotatable bonds is 4. The summed E-state index contributed by atoms with van der Waals surface area (Å²) in [5.74, 6) is 0.0752. The Morgan fingerprint density at radius 2 is 2.05 bits per heavy atom. The highest BCUT2D eigenvalue weighted by Crippen LogP contribution is 2.22. The van der Waals surface area contributed by atoms with Crippen molar-refractivity contribution in [3.8, 4) is 0 Å². The molecular weight excluding hydrogens is 246 g/mol. The molecule has 1 aliphatic rings. The van der Waals surface area contributed by atoms with Gasteiger partial charge in [0.25, 0.3) is 0 Å². The van der Waals surface area contributed by atoms with Gasteiger partial charge in [-0.05, 0) is 41.0 Å². The van der Waals surface area contributed by atoms with Crippen LogP contribution in [0.5, 0.6) is 0 Å². The molecule has 112 valence electrons. The number of hydrogen-bond acceptors (Lipinski definition) is 4. The lowest BCUT2D eigenvalue weighted by Gasteiger charge is -2.25. The minimum atomic E-state index is -0.519. The lowest BCUT2D eigenvalue weighted by atomic mass is 10.0. The van der Waals surface area contributed by atoms with Gasteiger partial charge >= 0.3 is 6.09 Å². The fraction of sp³-hybridized carbons (Fsp3) is 0.929. The van der Waals surface area contributed by atoms with Crippen LogP contribution in [0.2, 0.25) is 0 Å². The van der Waals surface area contributed by atoms with Gasteiger partial charge in [0, 0.05) is 19.0 Å². The lowest BCUT2D eigenvalue weighted by molar-refractivity contribution is -0.0186. The molecule has 0 saturated carbocycles. The zero-order chi connectivity index (χ0) is 14.6. The van der Waals surface area contributed by atoms with Crippen molar-refractivity contribution in [2.45, 2.75) is 58.8 Å². The molecular formula is C14H27NO4. The molecule has 0 aromatic rings. The van der Waals surface area contributed by atoms with Crippen LogP contribution in [0.3, 0.4) is 0 Å². The van der Waals surface area contributed by atoms with Gasteiger partial charge in [0.1, 0.15) is 5.60 Å². The maximum atomic E-state index is 11.9. The summed E-state index contributed by atoms with van der Waals surface area (Å²) in [6.45, 7) is 10.9. The molecule has 0 aromatic heterocycles. The van der Waals surface area contributed by atoms with Crippen LogP contribution in [0.1, 0.15) is 41.0 Å². The van der Waals surface area contributed by atoms with Gasteiger partial charge in [-0.3, -0.25) is 0 Å². The third-order valence-corrected chi connectivity index (χ3v) is 3.02. The average molecular weight is 273 g/mol. The lowest BCUT2D eigenvalue weighted by Crippen LogP contribution is -2.37. The van der Waals surface area contributed by atoms with Gasteiger partial charge < -0.3 is 19.5 Å². The van der Waals surface area contributed by atoms with Crippen molar-refractivity contribution >= 4 is 6.09 Å². The van der Waals surface area contributed by atoms with Crippen LogP contribution in [0.25, 0.3) is 0 Å². The third-order valence-electron chi connectivity index (χ3n) is 3.02. The van der Waals surface area contributed by atoms with Crippen molar-refractivity contribution in [3.63, 3.8) is 0 Å². The molecule has 1 rings (SSSR count). The van der Waals surface area contributed by atoms with E-state index in [-0.39, 0.29) is 18.1 Å². The van der Waals surface area contributed by atoms with Crippen LogP contribution in [-0.2, 0) is 9.47 Å². The molecule has 1 saturated heterocycles. The van der Waals surface area contributed by atoms with Crippen LogP contribution >= 0.6 is 0 Å². The molecule has 1 fully saturated rings. The number of aliphatic hydroxyl groups is 1. The summed E-state index contributed by atoms with van der Waals surface area (Å²) >= 11 is 0. The Labute approximate surface area is 115 Å². The summed E-state index contributed by atoms with van der Waals surface area (Å²) in [7, 11) is 0. The van der Waals surface area contributed by atoms with Gasteiger partial charge in [-0.1, -0.05) is 0 Å². The standard InChI is InChI=1S/C14H27NO4/c1-10(2)18-9-12(16)11-6-7-15(8-11)13(17)19-14(3,4)5/h10-12,16H,6-9H2,1-5H3.